The molecular formula is C28H25F6N5O3S. The van der Waals surface area contributed by atoms with Gasteiger partial charge < -0.3 is 14.5 Å². The van der Waals surface area contributed by atoms with E-state index in [9.17, 15) is 35.9 Å². The standard InChI is InChI=1S/C28H25F6N5O3S/c1-2-42-26(41)38-9-3-8-37(10-11-38)25-36-24(40)23(43-25)13-17-4-7-22-19(12-17)15-35-39(22)16-18-5-6-20(27(29,30)31)14-21(18)28(32,33)34/h4-7,12-15H,2-3,8-11,16H2,1H3/b23-13-. The molecule has 0 spiro atoms. The average molecular weight is 626 g/mol. The molecule has 1 fully saturated rings. The van der Waals surface area contributed by atoms with Gasteiger partial charge in [0.15, 0.2) is 5.17 Å². The van der Waals surface area contributed by atoms with Crippen molar-refractivity contribution in [2.75, 3.05) is 32.8 Å². The van der Waals surface area contributed by atoms with Gasteiger partial charge in [-0.2, -0.15) is 36.4 Å². The van der Waals surface area contributed by atoms with Gasteiger partial charge in [0.25, 0.3) is 5.91 Å². The summed E-state index contributed by atoms with van der Waals surface area (Å²) >= 11 is 1.21. The van der Waals surface area contributed by atoms with Crippen molar-refractivity contribution in [3.05, 3.63) is 69.8 Å². The van der Waals surface area contributed by atoms with Crippen molar-refractivity contribution in [3.63, 3.8) is 0 Å². The number of hydrogen-bond donors (Lipinski definition) is 0. The van der Waals surface area contributed by atoms with Gasteiger partial charge in [0, 0.05) is 31.6 Å². The van der Waals surface area contributed by atoms with E-state index in [-0.39, 0.29) is 24.3 Å². The van der Waals surface area contributed by atoms with E-state index in [1.807, 2.05) is 4.90 Å². The van der Waals surface area contributed by atoms with Gasteiger partial charge in [-0.3, -0.25) is 9.48 Å². The number of rotatable bonds is 4. The van der Waals surface area contributed by atoms with Crippen LogP contribution in [0.15, 0.2) is 52.5 Å². The number of ether oxygens (including phenoxy) is 1. The van der Waals surface area contributed by atoms with Gasteiger partial charge in [0.05, 0.1) is 40.9 Å². The zero-order valence-electron chi connectivity index (χ0n) is 22.7. The molecule has 0 saturated carbocycles. The maximum absolute atomic E-state index is 13.6. The molecule has 0 bridgehead atoms. The van der Waals surface area contributed by atoms with Crippen molar-refractivity contribution < 1.29 is 40.7 Å². The van der Waals surface area contributed by atoms with E-state index in [0.29, 0.717) is 65.2 Å². The number of aromatic nitrogens is 2. The lowest BCUT2D eigenvalue weighted by Crippen LogP contribution is -2.36. The van der Waals surface area contributed by atoms with Gasteiger partial charge in [-0.25, -0.2) is 4.79 Å². The van der Waals surface area contributed by atoms with Crippen LogP contribution in [0.2, 0.25) is 0 Å². The smallest absolute Gasteiger partial charge is 0.416 e. The van der Waals surface area contributed by atoms with Crippen molar-refractivity contribution >= 4 is 45.9 Å². The number of alkyl halides is 6. The zero-order valence-corrected chi connectivity index (χ0v) is 23.5. The molecule has 43 heavy (non-hydrogen) atoms. The van der Waals surface area contributed by atoms with Crippen LogP contribution in [0.1, 0.15) is 35.6 Å². The number of carbonyl (C=O) groups is 2. The lowest BCUT2D eigenvalue weighted by atomic mass is 10.0. The number of nitrogens with zero attached hydrogens (tertiary/aromatic N) is 5. The second kappa shape index (κ2) is 11.9. The maximum atomic E-state index is 13.6. The van der Waals surface area contributed by atoms with Gasteiger partial charge in [-0.05, 0) is 66.6 Å². The highest BCUT2D eigenvalue weighted by molar-refractivity contribution is 8.18. The molecule has 228 valence electrons. The Morgan fingerprint density at radius 2 is 1.81 bits per heavy atom. The molecule has 8 nitrogen and oxygen atoms in total. The van der Waals surface area contributed by atoms with E-state index in [4.69, 9.17) is 4.74 Å². The average Bonchev–Trinajstić information content (AvgIpc) is 3.39. The number of benzene rings is 2. The molecule has 15 heteroatoms. The first kappa shape index (κ1) is 30.4. The number of thioether (sulfide) groups is 1. The minimum Gasteiger partial charge on any atom is -0.450 e. The van der Waals surface area contributed by atoms with Gasteiger partial charge >= 0.3 is 18.4 Å². The third-order valence-corrected chi connectivity index (χ3v) is 7.97. The van der Waals surface area contributed by atoms with Crippen molar-refractivity contribution in [2.45, 2.75) is 32.2 Å². The molecule has 2 aliphatic heterocycles. The van der Waals surface area contributed by atoms with Crippen LogP contribution in [-0.2, 0) is 28.4 Å². The second-order valence-electron chi connectivity index (χ2n) is 9.82. The summed E-state index contributed by atoms with van der Waals surface area (Å²) in [6, 6.07) is 6.54. The fourth-order valence-electron chi connectivity index (χ4n) is 4.83. The van der Waals surface area contributed by atoms with E-state index in [1.165, 1.54) is 22.6 Å². The molecular weight excluding hydrogens is 600 g/mol. The third-order valence-electron chi connectivity index (χ3n) is 6.93. The summed E-state index contributed by atoms with van der Waals surface area (Å²) in [6.45, 7) is 3.71. The largest absolute Gasteiger partial charge is 0.450 e. The summed E-state index contributed by atoms with van der Waals surface area (Å²) in [4.78, 5) is 32.9. The second-order valence-corrected chi connectivity index (χ2v) is 10.8. The van der Waals surface area contributed by atoms with E-state index in [2.05, 4.69) is 10.1 Å². The fraction of sp³-hybridized carbons (Fsp3) is 0.357. The molecule has 3 aromatic rings. The first-order valence-corrected chi connectivity index (χ1v) is 14.1. The van der Waals surface area contributed by atoms with Crippen LogP contribution < -0.4 is 0 Å². The SMILES string of the molecule is CCOC(=O)N1CCCN(C2=NC(=O)/C(=C/c3ccc4c(cnn4Cc4ccc(C(F)(F)F)cc4C(F)(F)F)c3)S2)CC1. The molecule has 5 rings (SSSR count). The predicted molar refractivity (Wildman–Crippen MR) is 148 cm³/mol. The van der Waals surface area contributed by atoms with Crippen molar-refractivity contribution in [1.82, 2.24) is 19.6 Å². The van der Waals surface area contributed by atoms with Crippen LogP contribution in [0.25, 0.3) is 17.0 Å². The van der Waals surface area contributed by atoms with E-state index in [1.54, 1.807) is 36.1 Å². The minimum absolute atomic E-state index is 0.111. The van der Waals surface area contributed by atoms with Gasteiger partial charge in [0.1, 0.15) is 0 Å². The van der Waals surface area contributed by atoms with E-state index in [0.717, 1.165) is 6.07 Å². The summed E-state index contributed by atoms with van der Waals surface area (Å²) in [5.41, 5.74) is -2.01. The minimum atomic E-state index is -4.99. The number of fused-ring (bicyclic) bond motifs is 1. The Bertz CT molecular complexity index is 1610. The van der Waals surface area contributed by atoms with Crippen LogP contribution in [0.5, 0.6) is 0 Å². The summed E-state index contributed by atoms with van der Waals surface area (Å²) in [6.07, 6.45) is -6.50. The lowest BCUT2D eigenvalue weighted by molar-refractivity contribution is -0.143. The molecule has 2 amide bonds. The van der Waals surface area contributed by atoms with Crippen LogP contribution in [-0.4, -0.2) is 69.5 Å². The fourth-order valence-corrected chi connectivity index (χ4v) is 5.79. The predicted octanol–water partition coefficient (Wildman–Crippen LogP) is 6.26. The number of hydrogen-bond acceptors (Lipinski definition) is 6. The Morgan fingerprint density at radius 3 is 2.53 bits per heavy atom. The van der Waals surface area contributed by atoms with E-state index >= 15 is 0 Å². The van der Waals surface area contributed by atoms with Crippen LogP contribution in [0.3, 0.4) is 0 Å². The first-order valence-electron chi connectivity index (χ1n) is 13.3. The first-order chi connectivity index (χ1) is 20.3. The number of amidine groups is 1. The maximum Gasteiger partial charge on any atom is 0.416 e. The molecule has 0 unspecified atom stereocenters. The monoisotopic (exact) mass is 625 g/mol. The highest BCUT2D eigenvalue weighted by Gasteiger charge is 2.38. The molecule has 0 aliphatic carbocycles. The summed E-state index contributed by atoms with van der Waals surface area (Å²) in [5, 5.41) is 5.26. The third kappa shape index (κ3) is 6.81. The van der Waals surface area contributed by atoms with Crippen molar-refractivity contribution in [2.24, 2.45) is 4.99 Å². The number of carbonyl (C=O) groups excluding carboxylic acids is 2. The molecule has 2 aromatic carbocycles. The van der Waals surface area contributed by atoms with Crippen LogP contribution in [0.4, 0.5) is 31.1 Å². The number of halogens is 6. The topological polar surface area (TPSA) is 80.0 Å². The van der Waals surface area contributed by atoms with E-state index < -0.39 is 35.9 Å². The summed E-state index contributed by atoms with van der Waals surface area (Å²) in [5.74, 6) is -0.413. The molecule has 0 atom stereocenters. The molecule has 0 radical (unpaired) electrons. The zero-order chi connectivity index (χ0) is 30.9. The highest BCUT2D eigenvalue weighted by Crippen LogP contribution is 2.38. The Balaban J connectivity index is 1.31. The Kier molecular flexibility index (Phi) is 8.45. The van der Waals surface area contributed by atoms with Crippen molar-refractivity contribution in [3.8, 4) is 0 Å². The van der Waals surface area contributed by atoms with Gasteiger partial charge in [0.2, 0.25) is 0 Å². The number of aliphatic imine (C=N–C) groups is 1. The summed E-state index contributed by atoms with van der Waals surface area (Å²) < 4.78 is 86.3. The van der Waals surface area contributed by atoms with Crippen LogP contribution in [0, 0.1) is 0 Å². The van der Waals surface area contributed by atoms with Crippen LogP contribution >= 0.6 is 11.8 Å². The van der Waals surface area contributed by atoms with Gasteiger partial charge in [-0.1, -0.05) is 12.1 Å². The molecule has 1 saturated heterocycles. The molecule has 2 aliphatic rings. The molecule has 1 aromatic heterocycles. The number of amides is 2. The van der Waals surface area contributed by atoms with Gasteiger partial charge in [-0.15, -0.1) is 0 Å². The Hall–Kier alpha value is -4.01. The molecule has 3 heterocycles. The van der Waals surface area contributed by atoms with Crippen molar-refractivity contribution in [1.29, 1.82) is 0 Å². The lowest BCUT2D eigenvalue weighted by Gasteiger charge is -2.22. The Morgan fingerprint density at radius 1 is 1.02 bits per heavy atom. The Labute approximate surface area is 246 Å². The summed E-state index contributed by atoms with van der Waals surface area (Å²) in [7, 11) is 0. The quantitative estimate of drug-likeness (QED) is 0.252. The molecule has 0 N–H and O–H groups in total. The highest BCUT2D eigenvalue weighted by atomic mass is 32.2. The normalized spacial score (nSPS) is 17.5.